The molecule has 1 aliphatic carbocycles. The van der Waals surface area contributed by atoms with Crippen molar-refractivity contribution in [3.05, 3.63) is 48.4 Å². The number of hydrogen-bond donors (Lipinski definition) is 2. The van der Waals surface area contributed by atoms with E-state index in [1.807, 2.05) is 6.07 Å². The Balaban J connectivity index is 1.64. The molecule has 1 aromatic heterocycles. The Kier molecular flexibility index (Phi) is 5.53. The summed E-state index contributed by atoms with van der Waals surface area (Å²) in [6.07, 6.45) is 8.99. The number of aromatic nitrogens is 1. The molecule has 0 saturated heterocycles. The van der Waals surface area contributed by atoms with Gasteiger partial charge in [-0.15, -0.1) is 0 Å². The number of nitrogens with zero attached hydrogens (tertiary/aromatic N) is 1. The third-order valence-electron chi connectivity index (χ3n) is 4.35. The first-order valence-electron chi connectivity index (χ1n) is 8.54. The second kappa shape index (κ2) is 7.82. The Morgan fingerprint density at radius 3 is 2.24 bits per heavy atom. The second-order valence-corrected chi connectivity index (χ2v) is 8.01. The van der Waals surface area contributed by atoms with Crippen LogP contribution < -0.4 is 10.0 Å². The highest BCUT2D eigenvalue weighted by Crippen LogP contribution is 2.22. The van der Waals surface area contributed by atoms with E-state index in [0.29, 0.717) is 6.04 Å². The van der Waals surface area contributed by atoms with Crippen LogP contribution in [0.5, 0.6) is 0 Å². The van der Waals surface area contributed by atoms with Gasteiger partial charge in [0.25, 0.3) is 10.0 Å². The van der Waals surface area contributed by atoms with Crippen LogP contribution in [-0.4, -0.2) is 19.4 Å². The molecule has 2 N–H and O–H groups in total. The van der Waals surface area contributed by atoms with Gasteiger partial charge in [-0.2, -0.15) is 0 Å². The summed E-state index contributed by atoms with van der Waals surface area (Å²) in [4.78, 5) is 4.17. The summed E-state index contributed by atoms with van der Waals surface area (Å²) in [5, 5.41) is 3.47. The van der Waals surface area contributed by atoms with Crippen LogP contribution in [0.15, 0.2) is 47.5 Å². The largest absolute Gasteiger partial charge is 0.381 e. The van der Waals surface area contributed by atoms with Crippen LogP contribution in [0, 0.1) is 5.82 Å². The molecule has 3 rings (SSSR count). The average molecular weight is 363 g/mol. The first-order chi connectivity index (χ1) is 12.0. The third-order valence-corrected chi connectivity index (χ3v) is 5.72. The highest BCUT2D eigenvalue weighted by Gasteiger charge is 2.15. The van der Waals surface area contributed by atoms with Gasteiger partial charge in [-0.05, 0) is 49.2 Å². The van der Waals surface area contributed by atoms with Crippen molar-refractivity contribution in [3.63, 3.8) is 0 Å². The fourth-order valence-electron chi connectivity index (χ4n) is 3.01. The molecule has 0 amide bonds. The molecule has 0 unspecified atom stereocenters. The van der Waals surface area contributed by atoms with Crippen molar-refractivity contribution in [1.82, 2.24) is 4.98 Å². The van der Waals surface area contributed by atoms with Crippen LogP contribution in [0.3, 0.4) is 0 Å². The molecule has 0 radical (unpaired) electrons. The fourth-order valence-corrected chi connectivity index (χ4v) is 4.02. The third kappa shape index (κ3) is 4.92. The maximum absolute atomic E-state index is 12.9. The zero-order valence-corrected chi connectivity index (χ0v) is 14.7. The SMILES string of the molecule is O=S(=O)(Nc1ccc(NC2CCCCCC2)cn1)c1ccc(F)cc1. The number of benzene rings is 1. The summed E-state index contributed by atoms with van der Waals surface area (Å²) in [6.45, 7) is 0. The zero-order chi connectivity index (χ0) is 17.7. The number of hydrogen-bond acceptors (Lipinski definition) is 4. The summed E-state index contributed by atoms with van der Waals surface area (Å²) in [5.74, 6) is -0.248. The quantitative estimate of drug-likeness (QED) is 0.783. The minimum absolute atomic E-state index is 0.00337. The molecule has 7 heteroatoms. The fraction of sp³-hybridized carbons (Fsp3) is 0.389. The van der Waals surface area contributed by atoms with E-state index < -0.39 is 15.8 Å². The van der Waals surface area contributed by atoms with Crippen molar-refractivity contribution in [3.8, 4) is 0 Å². The molecule has 5 nitrogen and oxygen atoms in total. The maximum Gasteiger partial charge on any atom is 0.263 e. The van der Waals surface area contributed by atoms with Gasteiger partial charge in [0.05, 0.1) is 16.8 Å². The molecule has 134 valence electrons. The molecule has 25 heavy (non-hydrogen) atoms. The van der Waals surface area contributed by atoms with E-state index in [1.54, 1.807) is 12.3 Å². The van der Waals surface area contributed by atoms with Gasteiger partial charge < -0.3 is 5.32 Å². The van der Waals surface area contributed by atoms with Crippen molar-refractivity contribution >= 4 is 21.5 Å². The Morgan fingerprint density at radius 2 is 1.64 bits per heavy atom. The molecule has 1 aliphatic rings. The highest BCUT2D eigenvalue weighted by molar-refractivity contribution is 7.92. The monoisotopic (exact) mass is 363 g/mol. The van der Waals surface area contributed by atoms with Crippen molar-refractivity contribution in [1.29, 1.82) is 0 Å². The lowest BCUT2D eigenvalue weighted by atomic mass is 10.1. The van der Waals surface area contributed by atoms with Crippen molar-refractivity contribution in [2.45, 2.75) is 49.5 Å². The van der Waals surface area contributed by atoms with Crippen LogP contribution in [0.25, 0.3) is 0 Å². The lowest BCUT2D eigenvalue weighted by Crippen LogP contribution is -2.18. The van der Waals surface area contributed by atoms with Crippen LogP contribution >= 0.6 is 0 Å². The first-order valence-corrected chi connectivity index (χ1v) is 10.0. The van der Waals surface area contributed by atoms with Crippen molar-refractivity contribution in [2.75, 3.05) is 10.0 Å². The summed E-state index contributed by atoms with van der Waals surface area (Å²) in [5.41, 5.74) is 0.886. The van der Waals surface area contributed by atoms with E-state index in [-0.39, 0.29) is 10.7 Å². The smallest absolute Gasteiger partial charge is 0.263 e. The number of pyridine rings is 1. The highest BCUT2D eigenvalue weighted by atomic mass is 32.2. The lowest BCUT2D eigenvalue weighted by molar-refractivity contribution is 0.599. The Morgan fingerprint density at radius 1 is 0.960 bits per heavy atom. The first kappa shape index (κ1) is 17.7. The predicted octanol–water partition coefficient (Wildman–Crippen LogP) is 4.16. The maximum atomic E-state index is 12.9. The molecule has 0 spiro atoms. The Labute approximate surface area is 147 Å². The summed E-state index contributed by atoms with van der Waals surface area (Å²) < 4.78 is 39.9. The van der Waals surface area contributed by atoms with Crippen molar-refractivity contribution in [2.24, 2.45) is 0 Å². The predicted molar refractivity (Wildman–Crippen MR) is 96.6 cm³/mol. The van der Waals surface area contributed by atoms with Gasteiger partial charge in [-0.1, -0.05) is 25.7 Å². The van der Waals surface area contributed by atoms with Crippen LogP contribution in [0.2, 0.25) is 0 Å². The van der Waals surface area contributed by atoms with E-state index in [9.17, 15) is 12.8 Å². The van der Waals surface area contributed by atoms with E-state index in [1.165, 1.54) is 37.8 Å². The summed E-state index contributed by atoms with van der Waals surface area (Å²) in [7, 11) is -3.77. The Hall–Kier alpha value is -2.15. The molecule has 0 bridgehead atoms. The minimum atomic E-state index is -3.77. The van der Waals surface area contributed by atoms with Gasteiger partial charge >= 0.3 is 0 Å². The lowest BCUT2D eigenvalue weighted by Gasteiger charge is -2.17. The number of rotatable bonds is 5. The van der Waals surface area contributed by atoms with E-state index >= 15 is 0 Å². The Bertz CT molecular complexity index is 784. The van der Waals surface area contributed by atoms with E-state index in [4.69, 9.17) is 0 Å². The molecule has 1 aromatic carbocycles. The molecular weight excluding hydrogens is 341 g/mol. The normalized spacial score (nSPS) is 16.2. The number of halogens is 1. The molecular formula is C18H22FN3O2S. The number of sulfonamides is 1. The van der Waals surface area contributed by atoms with Crippen molar-refractivity contribution < 1.29 is 12.8 Å². The summed E-state index contributed by atoms with van der Waals surface area (Å²) >= 11 is 0. The van der Waals surface area contributed by atoms with Gasteiger partial charge in [0, 0.05) is 6.04 Å². The average Bonchev–Trinajstić information content (AvgIpc) is 2.85. The standard InChI is InChI=1S/C18H22FN3O2S/c19-14-7-10-17(11-8-14)25(23,24)22-18-12-9-16(13-20-18)21-15-5-3-1-2-4-6-15/h7-13,15,21H,1-6H2,(H,20,22). The molecule has 0 atom stereocenters. The van der Waals surface area contributed by atoms with Gasteiger partial charge in [0.1, 0.15) is 11.6 Å². The topological polar surface area (TPSA) is 71.1 Å². The van der Waals surface area contributed by atoms with Gasteiger partial charge in [0.15, 0.2) is 0 Å². The minimum Gasteiger partial charge on any atom is -0.381 e. The number of nitrogens with one attached hydrogen (secondary N) is 2. The zero-order valence-electron chi connectivity index (χ0n) is 13.9. The van der Waals surface area contributed by atoms with E-state index in [0.717, 1.165) is 30.7 Å². The molecule has 1 fully saturated rings. The van der Waals surface area contributed by atoms with Crippen LogP contribution in [0.4, 0.5) is 15.9 Å². The van der Waals surface area contributed by atoms with Crippen LogP contribution in [0.1, 0.15) is 38.5 Å². The van der Waals surface area contributed by atoms with Gasteiger partial charge in [-0.3, -0.25) is 4.72 Å². The molecule has 2 aromatic rings. The molecule has 1 heterocycles. The van der Waals surface area contributed by atoms with Crippen LogP contribution in [-0.2, 0) is 10.0 Å². The molecule has 1 saturated carbocycles. The van der Waals surface area contributed by atoms with Gasteiger partial charge in [-0.25, -0.2) is 17.8 Å². The van der Waals surface area contributed by atoms with Gasteiger partial charge in [0.2, 0.25) is 0 Å². The summed E-state index contributed by atoms with van der Waals surface area (Å²) in [6, 6.07) is 8.56. The molecule has 0 aliphatic heterocycles. The number of anilines is 2. The van der Waals surface area contributed by atoms with E-state index in [2.05, 4.69) is 15.0 Å². The second-order valence-electron chi connectivity index (χ2n) is 6.32.